The number of carboxylic acids is 2. The van der Waals surface area contributed by atoms with E-state index < -0.39 is 11.9 Å². The minimum absolute atomic E-state index is 0.113. The molecule has 11 heavy (non-hydrogen) atoms. The highest BCUT2D eigenvalue weighted by atomic mass is 16.4. The molecule has 2 N–H and O–H groups in total. The van der Waals surface area contributed by atoms with Crippen LogP contribution in [0.25, 0.3) is 0 Å². The summed E-state index contributed by atoms with van der Waals surface area (Å²) in [5, 5.41) is 16.9. The first kappa shape index (κ1) is 7.53. The molecule has 0 aliphatic heterocycles. The fourth-order valence-corrected chi connectivity index (χ4v) is 0.920. The molecule has 0 aromatic rings. The largest absolute Gasteiger partial charge is 0.478 e. The van der Waals surface area contributed by atoms with Gasteiger partial charge in [-0.3, -0.25) is 0 Å². The summed E-state index contributed by atoms with van der Waals surface area (Å²) in [5.74, 6) is -2.37. The summed E-state index contributed by atoms with van der Waals surface area (Å²) in [5.41, 5.74) is -0.227. The van der Waals surface area contributed by atoms with Crippen molar-refractivity contribution in [3.63, 3.8) is 0 Å². The molecule has 58 valence electrons. The van der Waals surface area contributed by atoms with Crippen molar-refractivity contribution in [2.24, 2.45) is 0 Å². The van der Waals surface area contributed by atoms with Crippen LogP contribution < -0.4 is 0 Å². The summed E-state index contributed by atoms with van der Waals surface area (Å²) in [7, 11) is 0. The maximum absolute atomic E-state index is 10.3. The van der Waals surface area contributed by atoms with E-state index >= 15 is 0 Å². The summed E-state index contributed by atoms with van der Waals surface area (Å²) >= 11 is 0. The molecule has 0 radical (unpaired) electrons. The first-order valence-electron chi connectivity index (χ1n) is 3.00. The lowest BCUT2D eigenvalue weighted by Gasteiger charge is -1.95. The molecule has 0 bridgehead atoms. The Bertz CT molecular complexity index is 244. The highest BCUT2D eigenvalue weighted by Crippen LogP contribution is 2.18. The Hall–Kier alpha value is -1.58. The molecule has 0 amide bonds. The van der Waals surface area contributed by atoms with E-state index in [1.54, 1.807) is 0 Å². The van der Waals surface area contributed by atoms with Gasteiger partial charge >= 0.3 is 11.9 Å². The van der Waals surface area contributed by atoms with Crippen molar-refractivity contribution < 1.29 is 19.8 Å². The van der Waals surface area contributed by atoms with E-state index in [2.05, 4.69) is 0 Å². The molecular weight excluding hydrogens is 148 g/mol. The lowest BCUT2D eigenvalue weighted by atomic mass is 10.1. The van der Waals surface area contributed by atoms with Crippen molar-refractivity contribution in [3.8, 4) is 0 Å². The fourth-order valence-electron chi connectivity index (χ4n) is 0.920. The summed E-state index contributed by atoms with van der Waals surface area (Å²) in [6.45, 7) is 0. The third kappa shape index (κ3) is 1.29. The van der Waals surface area contributed by atoms with E-state index in [4.69, 9.17) is 10.2 Å². The van der Waals surface area contributed by atoms with Crippen LogP contribution >= 0.6 is 0 Å². The standard InChI is InChI=1S/C7H6O4/c8-6(9)4-2-1-3-5(4)7(10)11/h2-3H,1H2,(H,8,9)(H,10,11). The molecular formula is C7H6O4. The predicted molar refractivity (Wildman–Crippen MR) is 36.1 cm³/mol. The third-order valence-electron chi connectivity index (χ3n) is 1.39. The number of hydrogen-bond acceptors (Lipinski definition) is 2. The van der Waals surface area contributed by atoms with Gasteiger partial charge in [0, 0.05) is 0 Å². The van der Waals surface area contributed by atoms with Gasteiger partial charge in [-0.15, -0.1) is 0 Å². The fraction of sp³-hybridized carbons (Fsp3) is 0.143. The molecule has 0 heterocycles. The predicted octanol–water partition coefficient (Wildman–Crippen LogP) is 0.412. The van der Waals surface area contributed by atoms with E-state index in [0.717, 1.165) is 0 Å². The van der Waals surface area contributed by atoms with Crippen LogP contribution in [-0.2, 0) is 9.59 Å². The van der Waals surface area contributed by atoms with E-state index in [1.165, 1.54) is 12.2 Å². The Morgan fingerprint density at radius 2 is 1.45 bits per heavy atom. The monoisotopic (exact) mass is 154 g/mol. The molecule has 0 saturated heterocycles. The quantitative estimate of drug-likeness (QED) is 0.604. The minimum atomic E-state index is -1.18. The number of hydrogen-bond donors (Lipinski definition) is 2. The Balaban J connectivity index is 2.93. The zero-order valence-electron chi connectivity index (χ0n) is 5.57. The second kappa shape index (κ2) is 2.57. The number of carboxylic acid groups (broad SMARTS) is 2. The van der Waals surface area contributed by atoms with E-state index in [0.29, 0.717) is 6.42 Å². The van der Waals surface area contributed by atoms with Gasteiger partial charge in [-0.05, 0) is 6.42 Å². The normalized spacial score (nSPS) is 15.6. The van der Waals surface area contributed by atoms with Crippen molar-refractivity contribution in [2.45, 2.75) is 6.42 Å². The topological polar surface area (TPSA) is 74.6 Å². The van der Waals surface area contributed by atoms with Crippen molar-refractivity contribution in [1.82, 2.24) is 0 Å². The molecule has 0 saturated carbocycles. The van der Waals surface area contributed by atoms with Gasteiger partial charge in [-0.25, -0.2) is 9.59 Å². The van der Waals surface area contributed by atoms with Crippen LogP contribution in [-0.4, -0.2) is 22.2 Å². The van der Waals surface area contributed by atoms with Crippen LogP contribution in [0.1, 0.15) is 6.42 Å². The number of allylic oxidation sites excluding steroid dienone is 2. The first-order chi connectivity index (χ1) is 5.13. The van der Waals surface area contributed by atoms with Crippen LogP contribution in [0, 0.1) is 0 Å². The van der Waals surface area contributed by atoms with Crippen LogP contribution in [0.5, 0.6) is 0 Å². The highest BCUT2D eigenvalue weighted by Gasteiger charge is 2.21. The van der Waals surface area contributed by atoms with Crippen molar-refractivity contribution in [1.29, 1.82) is 0 Å². The van der Waals surface area contributed by atoms with Crippen LogP contribution in [0.15, 0.2) is 23.3 Å². The van der Waals surface area contributed by atoms with Crippen LogP contribution in [0.4, 0.5) is 0 Å². The van der Waals surface area contributed by atoms with Gasteiger partial charge in [0.25, 0.3) is 0 Å². The Morgan fingerprint density at radius 1 is 1.09 bits per heavy atom. The smallest absolute Gasteiger partial charge is 0.336 e. The molecule has 1 aliphatic rings. The average Bonchev–Trinajstić information content (AvgIpc) is 2.32. The lowest BCUT2D eigenvalue weighted by molar-refractivity contribution is -0.136. The second-order valence-electron chi connectivity index (χ2n) is 2.08. The van der Waals surface area contributed by atoms with Gasteiger partial charge in [0.2, 0.25) is 0 Å². The van der Waals surface area contributed by atoms with Crippen LogP contribution in [0.3, 0.4) is 0 Å². The second-order valence-corrected chi connectivity index (χ2v) is 2.08. The van der Waals surface area contributed by atoms with Crippen LogP contribution in [0.2, 0.25) is 0 Å². The molecule has 4 heteroatoms. The van der Waals surface area contributed by atoms with Gasteiger partial charge in [-0.2, -0.15) is 0 Å². The molecule has 0 aromatic carbocycles. The molecule has 0 atom stereocenters. The lowest BCUT2D eigenvalue weighted by Crippen LogP contribution is -2.08. The Kier molecular flexibility index (Phi) is 1.76. The highest BCUT2D eigenvalue weighted by molar-refractivity contribution is 6.06. The SMILES string of the molecule is O=C(O)C1=CCC=C1C(=O)O. The van der Waals surface area contributed by atoms with Gasteiger partial charge < -0.3 is 10.2 Å². The Labute approximate surface area is 62.5 Å². The number of aliphatic carboxylic acids is 2. The van der Waals surface area contributed by atoms with Crippen molar-refractivity contribution in [2.75, 3.05) is 0 Å². The number of rotatable bonds is 2. The molecule has 1 rings (SSSR count). The van der Waals surface area contributed by atoms with Crippen molar-refractivity contribution >= 4 is 11.9 Å². The Morgan fingerprint density at radius 3 is 1.73 bits per heavy atom. The van der Waals surface area contributed by atoms with Gasteiger partial charge in [-0.1, -0.05) is 12.2 Å². The molecule has 0 spiro atoms. The van der Waals surface area contributed by atoms with Gasteiger partial charge in [0.05, 0.1) is 11.1 Å². The molecule has 1 aliphatic carbocycles. The van der Waals surface area contributed by atoms with Crippen molar-refractivity contribution in [3.05, 3.63) is 23.3 Å². The molecule has 4 nitrogen and oxygen atoms in total. The third-order valence-corrected chi connectivity index (χ3v) is 1.39. The molecule has 0 fully saturated rings. The minimum Gasteiger partial charge on any atom is -0.478 e. The molecule has 0 unspecified atom stereocenters. The summed E-state index contributed by atoms with van der Waals surface area (Å²) < 4.78 is 0. The number of carbonyl (C=O) groups is 2. The first-order valence-corrected chi connectivity index (χ1v) is 3.00. The zero-order valence-corrected chi connectivity index (χ0v) is 5.57. The van der Waals surface area contributed by atoms with Gasteiger partial charge in [0.15, 0.2) is 0 Å². The maximum Gasteiger partial charge on any atom is 0.336 e. The van der Waals surface area contributed by atoms with E-state index in [1.807, 2.05) is 0 Å². The van der Waals surface area contributed by atoms with E-state index in [-0.39, 0.29) is 11.1 Å². The zero-order chi connectivity index (χ0) is 8.43. The van der Waals surface area contributed by atoms with E-state index in [9.17, 15) is 9.59 Å². The molecule has 0 aromatic heterocycles. The summed E-state index contributed by atoms with van der Waals surface area (Å²) in [6.07, 6.45) is 3.15. The maximum atomic E-state index is 10.3. The van der Waals surface area contributed by atoms with Gasteiger partial charge in [0.1, 0.15) is 0 Å². The average molecular weight is 154 g/mol. The summed E-state index contributed by atoms with van der Waals surface area (Å²) in [4.78, 5) is 20.7. The summed E-state index contributed by atoms with van der Waals surface area (Å²) in [6, 6.07) is 0.